The van der Waals surface area contributed by atoms with Gasteiger partial charge in [-0.05, 0) is 68.0 Å². The van der Waals surface area contributed by atoms with E-state index in [9.17, 15) is 9.59 Å². The second kappa shape index (κ2) is 8.52. The number of aryl methyl sites for hydroxylation is 3. The van der Waals surface area contributed by atoms with E-state index in [-0.39, 0.29) is 6.61 Å². The van der Waals surface area contributed by atoms with Crippen molar-refractivity contribution in [2.75, 3.05) is 0 Å². The fourth-order valence-electron chi connectivity index (χ4n) is 4.56. The lowest BCUT2D eigenvalue weighted by Crippen LogP contribution is -2.11. The van der Waals surface area contributed by atoms with E-state index in [1.165, 1.54) is 17.2 Å². The van der Waals surface area contributed by atoms with E-state index in [2.05, 4.69) is 11.2 Å². The van der Waals surface area contributed by atoms with Gasteiger partial charge in [-0.2, -0.15) is 5.10 Å². The Hall–Kier alpha value is -3.38. The summed E-state index contributed by atoms with van der Waals surface area (Å²) in [6, 6.07) is 12.9. The summed E-state index contributed by atoms with van der Waals surface area (Å²) in [5.41, 5.74) is 5.83. The Bertz CT molecular complexity index is 1450. The van der Waals surface area contributed by atoms with Gasteiger partial charge in [0.05, 0.1) is 17.9 Å². The number of carbonyl (C=O) groups is 1. The zero-order chi connectivity index (χ0) is 23.1. The largest absolute Gasteiger partial charge is 0.457 e. The summed E-state index contributed by atoms with van der Waals surface area (Å²) in [5.74, 6) is -0.474. The van der Waals surface area contributed by atoms with Crippen molar-refractivity contribution in [1.82, 2.24) is 9.78 Å². The minimum atomic E-state index is -0.474. The minimum Gasteiger partial charge on any atom is -0.457 e. The fourth-order valence-corrected chi connectivity index (χ4v) is 4.76. The van der Waals surface area contributed by atoms with Gasteiger partial charge in [0.15, 0.2) is 0 Å². The third-order valence-corrected chi connectivity index (χ3v) is 6.63. The Balaban J connectivity index is 1.40. The second-order valence-electron chi connectivity index (χ2n) is 8.43. The zero-order valence-electron chi connectivity index (χ0n) is 18.5. The summed E-state index contributed by atoms with van der Waals surface area (Å²) in [7, 11) is 0. The summed E-state index contributed by atoms with van der Waals surface area (Å²) in [6.07, 6.45) is 3.09. The lowest BCUT2D eigenvalue weighted by atomic mass is 10.0. The molecule has 7 heteroatoms. The van der Waals surface area contributed by atoms with Gasteiger partial charge >= 0.3 is 11.6 Å². The maximum atomic E-state index is 13.0. The highest BCUT2D eigenvalue weighted by molar-refractivity contribution is 6.31. The third-order valence-electron chi connectivity index (χ3n) is 6.26. The SMILES string of the molecule is Cc1nn(Cc2ccccc2Cl)c(C)c1C(=O)OCc1cc(=O)oc2cc3c(cc12)CCC3. The van der Waals surface area contributed by atoms with Crippen molar-refractivity contribution in [3.8, 4) is 0 Å². The van der Waals surface area contributed by atoms with Gasteiger partial charge in [-0.25, -0.2) is 9.59 Å². The van der Waals surface area contributed by atoms with Crippen molar-refractivity contribution in [2.24, 2.45) is 0 Å². The molecular weight excluding hydrogens is 440 g/mol. The quantitative estimate of drug-likeness (QED) is 0.303. The van der Waals surface area contributed by atoms with Gasteiger partial charge in [0.1, 0.15) is 17.8 Å². The molecule has 2 aromatic heterocycles. The Kier molecular flexibility index (Phi) is 5.54. The maximum Gasteiger partial charge on any atom is 0.342 e. The molecule has 0 radical (unpaired) electrons. The van der Waals surface area contributed by atoms with E-state index in [4.69, 9.17) is 20.8 Å². The van der Waals surface area contributed by atoms with Crippen LogP contribution in [0.4, 0.5) is 0 Å². The average Bonchev–Trinajstić information content (AvgIpc) is 3.35. The van der Waals surface area contributed by atoms with Crippen molar-refractivity contribution in [3.63, 3.8) is 0 Å². The molecule has 33 heavy (non-hydrogen) atoms. The summed E-state index contributed by atoms with van der Waals surface area (Å²) >= 11 is 6.28. The topological polar surface area (TPSA) is 74.3 Å². The van der Waals surface area contributed by atoms with Gasteiger partial charge in [0.2, 0.25) is 0 Å². The molecule has 1 aliphatic carbocycles. The lowest BCUT2D eigenvalue weighted by molar-refractivity contribution is 0.0472. The van der Waals surface area contributed by atoms with Crippen LogP contribution in [-0.2, 0) is 30.7 Å². The molecule has 0 N–H and O–H groups in total. The predicted molar refractivity (Wildman–Crippen MR) is 126 cm³/mol. The first kappa shape index (κ1) is 21.5. The van der Waals surface area contributed by atoms with Crippen LogP contribution in [-0.4, -0.2) is 15.7 Å². The van der Waals surface area contributed by atoms with Gasteiger partial charge in [0, 0.05) is 22.0 Å². The predicted octanol–water partition coefficient (Wildman–Crippen LogP) is 5.15. The van der Waals surface area contributed by atoms with E-state index in [1.54, 1.807) is 11.6 Å². The fraction of sp³-hybridized carbons (Fsp3) is 0.269. The highest BCUT2D eigenvalue weighted by Crippen LogP contribution is 2.29. The molecule has 6 nitrogen and oxygen atoms in total. The van der Waals surface area contributed by atoms with Gasteiger partial charge in [-0.1, -0.05) is 29.8 Å². The number of nitrogens with zero attached hydrogens (tertiary/aromatic N) is 2. The number of benzene rings is 2. The molecule has 2 heterocycles. The number of halogens is 1. The van der Waals surface area contributed by atoms with Crippen molar-refractivity contribution >= 4 is 28.5 Å². The maximum absolute atomic E-state index is 13.0. The van der Waals surface area contributed by atoms with Crippen molar-refractivity contribution in [1.29, 1.82) is 0 Å². The minimum absolute atomic E-state index is 0.0196. The molecule has 0 amide bonds. The molecule has 168 valence electrons. The molecule has 0 bridgehead atoms. The molecule has 1 aliphatic rings. The smallest absolute Gasteiger partial charge is 0.342 e. The van der Waals surface area contributed by atoms with Crippen molar-refractivity contribution < 1.29 is 13.9 Å². The second-order valence-corrected chi connectivity index (χ2v) is 8.84. The van der Waals surface area contributed by atoms with E-state index in [1.807, 2.05) is 37.3 Å². The first-order chi connectivity index (χ1) is 15.9. The van der Waals surface area contributed by atoms with Crippen LogP contribution >= 0.6 is 11.6 Å². The number of esters is 1. The van der Waals surface area contributed by atoms with Crippen LogP contribution in [0.15, 0.2) is 51.7 Å². The lowest BCUT2D eigenvalue weighted by Gasteiger charge is -2.10. The summed E-state index contributed by atoms with van der Waals surface area (Å²) in [5, 5.41) is 5.98. The standard InChI is InChI=1S/C26H23ClN2O4/c1-15-25(16(2)29(28-15)13-19-6-3-4-9-22(19)27)26(31)32-14-20-12-24(30)33-23-11-18-8-5-7-17(18)10-21(20)23/h3-4,6,9-12H,5,7-8,13-14H2,1-2H3. The number of aromatic nitrogens is 2. The molecular formula is C26H23ClN2O4. The zero-order valence-corrected chi connectivity index (χ0v) is 19.2. The molecule has 0 aliphatic heterocycles. The number of rotatable bonds is 5. The molecule has 0 fully saturated rings. The Morgan fingerprint density at radius 2 is 1.88 bits per heavy atom. The summed E-state index contributed by atoms with van der Waals surface area (Å²) < 4.78 is 12.8. The number of carbonyl (C=O) groups excluding carboxylic acids is 1. The van der Waals surface area contributed by atoms with Crippen LogP contribution < -0.4 is 5.63 Å². The van der Waals surface area contributed by atoms with Crippen LogP contribution in [0.1, 0.15) is 50.4 Å². The third kappa shape index (κ3) is 4.07. The van der Waals surface area contributed by atoms with Gasteiger partial charge in [-0.15, -0.1) is 0 Å². The molecule has 5 rings (SSSR count). The number of fused-ring (bicyclic) bond motifs is 2. The van der Waals surface area contributed by atoms with E-state index >= 15 is 0 Å². The van der Waals surface area contributed by atoms with Crippen LogP contribution in [0, 0.1) is 13.8 Å². The van der Waals surface area contributed by atoms with Crippen LogP contribution in [0.2, 0.25) is 5.02 Å². The summed E-state index contributed by atoms with van der Waals surface area (Å²) in [4.78, 5) is 25.1. The van der Waals surface area contributed by atoms with E-state index in [0.29, 0.717) is 39.7 Å². The first-order valence-corrected chi connectivity index (χ1v) is 11.3. The monoisotopic (exact) mass is 462 g/mol. The number of hydrogen-bond donors (Lipinski definition) is 0. The van der Waals surface area contributed by atoms with Gasteiger partial charge in [-0.3, -0.25) is 4.68 Å². The summed E-state index contributed by atoms with van der Waals surface area (Å²) in [6.45, 7) is 4.05. The Morgan fingerprint density at radius 1 is 1.12 bits per heavy atom. The molecule has 0 spiro atoms. The molecule has 2 aromatic carbocycles. The average molecular weight is 463 g/mol. The van der Waals surface area contributed by atoms with Gasteiger partial charge in [0.25, 0.3) is 0 Å². The van der Waals surface area contributed by atoms with Crippen molar-refractivity contribution in [3.05, 3.63) is 97.1 Å². The molecule has 4 aromatic rings. The van der Waals surface area contributed by atoms with Crippen LogP contribution in [0.3, 0.4) is 0 Å². The first-order valence-electron chi connectivity index (χ1n) is 10.9. The van der Waals surface area contributed by atoms with E-state index < -0.39 is 11.6 Å². The highest BCUT2D eigenvalue weighted by atomic mass is 35.5. The van der Waals surface area contributed by atoms with Crippen LogP contribution in [0.5, 0.6) is 0 Å². The van der Waals surface area contributed by atoms with E-state index in [0.717, 1.165) is 30.2 Å². The molecule has 0 saturated heterocycles. The number of ether oxygens (including phenoxy) is 1. The normalized spacial score (nSPS) is 12.8. The molecule has 0 saturated carbocycles. The number of hydrogen-bond acceptors (Lipinski definition) is 5. The van der Waals surface area contributed by atoms with Gasteiger partial charge < -0.3 is 9.15 Å². The molecule has 0 unspecified atom stereocenters. The van der Waals surface area contributed by atoms with Crippen LogP contribution in [0.25, 0.3) is 11.0 Å². The Labute approximate surface area is 195 Å². The molecule has 0 atom stereocenters. The highest BCUT2D eigenvalue weighted by Gasteiger charge is 2.22. The van der Waals surface area contributed by atoms with Crippen molar-refractivity contribution in [2.45, 2.75) is 46.3 Å². The Morgan fingerprint density at radius 3 is 2.67 bits per heavy atom.